The minimum Gasteiger partial charge on any atom is -0.454 e. The molecular weight excluding hydrogens is 320 g/mol. The summed E-state index contributed by atoms with van der Waals surface area (Å²) < 4.78 is 16.4. The van der Waals surface area contributed by atoms with Crippen LogP contribution in [-0.4, -0.2) is 25.5 Å². The van der Waals surface area contributed by atoms with E-state index >= 15 is 0 Å². The van der Waals surface area contributed by atoms with E-state index in [0.29, 0.717) is 25.4 Å². The maximum absolute atomic E-state index is 12.0. The van der Waals surface area contributed by atoms with Gasteiger partial charge in [-0.1, -0.05) is 30.3 Å². The largest absolute Gasteiger partial charge is 0.454 e. The molecule has 0 unspecified atom stereocenters. The maximum atomic E-state index is 12.0. The van der Waals surface area contributed by atoms with Gasteiger partial charge in [-0.05, 0) is 28.8 Å². The molecule has 6 nitrogen and oxygen atoms in total. The summed E-state index contributed by atoms with van der Waals surface area (Å²) in [6.45, 7) is 1.76. The van der Waals surface area contributed by atoms with Crippen molar-refractivity contribution in [3.8, 4) is 11.5 Å². The average molecular weight is 340 g/mol. The summed E-state index contributed by atoms with van der Waals surface area (Å²) in [4.78, 5) is 12.0. The van der Waals surface area contributed by atoms with E-state index in [4.69, 9.17) is 14.2 Å². The highest BCUT2D eigenvalue weighted by molar-refractivity contribution is 5.73. The van der Waals surface area contributed by atoms with Gasteiger partial charge in [0.25, 0.3) is 0 Å². The second-order valence-corrected chi connectivity index (χ2v) is 6.16. The molecule has 0 aromatic heterocycles. The Labute approximate surface area is 146 Å². The molecule has 0 radical (unpaired) electrons. The molecule has 0 aliphatic carbocycles. The highest BCUT2D eigenvalue weighted by Crippen LogP contribution is 2.32. The Hall–Kier alpha value is -2.73. The number of rotatable bonds is 4. The fourth-order valence-electron chi connectivity index (χ4n) is 3.04. The molecule has 2 aliphatic rings. The predicted octanol–water partition coefficient (Wildman–Crippen LogP) is 2.36. The van der Waals surface area contributed by atoms with Gasteiger partial charge in [-0.25, -0.2) is 4.79 Å². The number of benzene rings is 2. The number of carbonyl (C=O) groups excluding carboxylic acids is 1. The SMILES string of the molecule is O=C(NCc1ccc2c(c1)OCO2)NC[C@H]1Cc2ccccc2CO1. The number of carbonyl (C=O) groups is 1. The van der Waals surface area contributed by atoms with Crippen LogP contribution in [0.3, 0.4) is 0 Å². The molecule has 2 N–H and O–H groups in total. The number of fused-ring (bicyclic) bond motifs is 2. The van der Waals surface area contributed by atoms with Crippen LogP contribution in [0.25, 0.3) is 0 Å². The summed E-state index contributed by atoms with van der Waals surface area (Å²) in [5.41, 5.74) is 3.48. The first-order valence-corrected chi connectivity index (χ1v) is 8.36. The summed E-state index contributed by atoms with van der Waals surface area (Å²) in [5, 5.41) is 5.72. The molecule has 0 saturated carbocycles. The Morgan fingerprint density at radius 2 is 1.88 bits per heavy atom. The minimum atomic E-state index is -0.208. The Kier molecular flexibility index (Phi) is 4.43. The zero-order valence-corrected chi connectivity index (χ0v) is 13.8. The van der Waals surface area contributed by atoms with Crippen LogP contribution < -0.4 is 20.1 Å². The van der Waals surface area contributed by atoms with Crippen molar-refractivity contribution in [2.75, 3.05) is 13.3 Å². The Morgan fingerprint density at radius 3 is 2.80 bits per heavy atom. The monoisotopic (exact) mass is 340 g/mol. The van der Waals surface area contributed by atoms with Crippen molar-refractivity contribution in [1.82, 2.24) is 10.6 Å². The molecule has 0 fully saturated rings. The highest BCUT2D eigenvalue weighted by Gasteiger charge is 2.19. The number of amides is 2. The van der Waals surface area contributed by atoms with Crippen molar-refractivity contribution in [3.63, 3.8) is 0 Å². The molecule has 2 heterocycles. The van der Waals surface area contributed by atoms with Gasteiger partial charge in [-0.15, -0.1) is 0 Å². The minimum absolute atomic E-state index is 0.00573. The predicted molar refractivity (Wildman–Crippen MR) is 91.5 cm³/mol. The lowest BCUT2D eigenvalue weighted by Crippen LogP contribution is -2.41. The lowest BCUT2D eigenvalue weighted by molar-refractivity contribution is 0.0305. The van der Waals surface area contributed by atoms with E-state index in [9.17, 15) is 4.79 Å². The molecule has 25 heavy (non-hydrogen) atoms. The van der Waals surface area contributed by atoms with Gasteiger partial charge in [0.15, 0.2) is 11.5 Å². The molecule has 2 aliphatic heterocycles. The van der Waals surface area contributed by atoms with E-state index < -0.39 is 0 Å². The topological polar surface area (TPSA) is 68.8 Å². The highest BCUT2D eigenvalue weighted by atomic mass is 16.7. The van der Waals surface area contributed by atoms with Crippen LogP contribution in [0.2, 0.25) is 0 Å². The number of hydrogen-bond donors (Lipinski definition) is 2. The molecule has 2 amide bonds. The van der Waals surface area contributed by atoms with Gasteiger partial charge in [0.1, 0.15) is 0 Å². The summed E-state index contributed by atoms with van der Waals surface area (Å²) in [7, 11) is 0. The van der Waals surface area contributed by atoms with Crippen molar-refractivity contribution >= 4 is 6.03 Å². The lowest BCUT2D eigenvalue weighted by atomic mass is 9.99. The van der Waals surface area contributed by atoms with Gasteiger partial charge >= 0.3 is 6.03 Å². The third-order valence-corrected chi connectivity index (χ3v) is 4.42. The molecule has 2 aromatic carbocycles. The fourth-order valence-corrected chi connectivity index (χ4v) is 3.04. The zero-order chi connectivity index (χ0) is 17.1. The molecule has 0 spiro atoms. The smallest absolute Gasteiger partial charge is 0.315 e. The average Bonchev–Trinajstić information content (AvgIpc) is 3.12. The van der Waals surface area contributed by atoms with Crippen molar-refractivity contribution in [2.45, 2.75) is 25.7 Å². The number of ether oxygens (including phenoxy) is 3. The van der Waals surface area contributed by atoms with E-state index in [1.54, 1.807) is 0 Å². The Balaban J connectivity index is 1.23. The summed E-state index contributed by atoms with van der Waals surface area (Å²) in [5.74, 6) is 1.46. The molecule has 4 rings (SSSR count). The molecule has 0 saturated heterocycles. The van der Waals surface area contributed by atoms with Crippen LogP contribution >= 0.6 is 0 Å². The third kappa shape index (κ3) is 3.69. The second-order valence-electron chi connectivity index (χ2n) is 6.16. The van der Waals surface area contributed by atoms with E-state index in [0.717, 1.165) is 17.7 Å². The molecular formula is C19H20N2O4. The van der Waals surface area contributed by atoms with Gasteiger partial charge in [0, 0.05) is 19.5 Å². The van der Waals surface area contributed by atoms with Crippen molar-refractivity contribution in [2.24, 2.45) is 0 Å². The Bertz CT molecular complexity index is 778. The number of hydrogen-bond acceptors (Lipinski definition) is 4. The molecule has 130 valence electrons. The van der Waals surface area contributed by atoms with Crippen LogP contribution in [0.4, 0.5) is 4.79 Å². The van der Waals surface area contributed by atoms with Crippen LogP contribution in [0.15, 0.2) is 42.5 Å². The van der Waals surface area contributed by atoms with E-state index in [2.05, 4.69) is 22.8 Å². The lowest BCUT2D eigenvalue weighted by Gasteiger charge is -2.25. The van der Waals surface area contributed by atoms with Gasteiger partial charge in [0.05, 0.1) is 12.7 Å². The van der Waals surface area contributed by atoms with Gasteiger partial charge in [-0.2, -0.15) is 0 Å². The van der Waals surface area contributed by atoms with Crippen molar-refractivity contribution in [3.05, 3.63) is 59.2 Å². The molecule has 6 heteroatoms. The fraction of sp³-hybridized carbons (Fsp3) is 0.316. The van der Waals surface area contributed by atoms with Gasteiger partial charge < -0.3 is 24.8 Å². The quantitative estimate of drug-likeness (QED) is 0.896. The maximum Gasteiger partial charge on any atom is 0.315 e. The third-order valence-electron chi connectivity index (χ3n) is 4.42. The second kappa shape index (κ2) is 7.03. The molecule has 0 bridgehead atoms. The zero-order valence-electron chi connectivity index (χ0n) is 13.8. The van der Waals surface area contributed by atoms with E-state index in [1.807, 2.05) is 30.3 Å². The van der Waals surface area contributed by atoms with Crippen molar-refractivity contribution < 1.29 is 19.0 Å². The van der Waals surface area contributed by atoms with Crippen LogP contribution in [0, 0.1) is 0 Å². The van der Waals surface area contributed by atoms with Crippen molar-refractivity contribution in [1.29, 1.82) is 0 Å². The van der Waals surface area contributed by atoms with Crippen LogP contribution in [-0.2, 0) is 24.3 Å². The standard InChI is InChI=1S/C19H20N2O4/c22-19(20-9-13-5-6-17-18(7-13)25-12-24-17)21-10-16-8-14-3-1-2-4-15(14)11-23-16/h1-7,16H,8-12H2,(H2,20,21,22)/t16-/m1/s1. The first kappa shape index (κ1) is 15.8. The summed E-state index contributed by atoms with van der Waals surface area (Å²) in [6, 6.07) is 13.7. The molecule has 1 atom stereocenters. The van der Waals surface area contributed by atoms with Crippen LogP contribution in [0.1, 0.15) is 16.7 Å². The summed E-state index contributed by atoms with van der Waals surface area (Å²) >= 11 is 0. The van der Waals surface area contributed by atoms with Gasteiger partial charge in [0.2, 0.25) is 6.79 Å². The number of urea groups is 1. The van der Waals surface area contributed by atoms with E-state index in [-0.39, 0.29) is 18.9 Å². The normalized spacial score (nSPS) is 17.7. The van der Waals surface area contributed by atoms with Gasteiger partial charge in [-0.3, -0.25) is 0 Å². The van der Waals surface area contributed by atoms with E-state index in [1.165, 1.54) is 11.1 Å². The first-order valence-electron chi connectivity index (χ1n) is 8.36. The molecule has 2 aromatic rings. The first-order chi connectivity index (χ1) is 12.3. The van der Waals surface area contributed by atoms with Crippen LogP contribution in [0.5, 0.6) is 11.5 Å². The Morgan fingerprint density at radius 1 is 1.04 bits per heavy atom. The summed E-state index contributed by atoms with van der Waals surface area (Å²) in [6.07, 6.45) is 0.824. The number of nitrogens with one attached hydrogen (secondary N) is 2.